The molecular weight excluding hydrogens is 469 g/mol. The lowest BCUT2D eigenvalue weighted by Gasteiger charge is -2.35. The van der Waals surface area contributed by atoms with E-state index in [0.717, 1.165) is 32.1 Å². The summed E-state index contributed by atoms with van der Waals surface area (Å²) in [6.07, 6.45) is 0. The molecule has 2 N–H and O–H groups in total. The van der Waals surface area contributed by atoms with Gasteiger partial charge in [-0.25, -0.2) is 0 Å². The molecule has 0 aliphatic carbocycles. The molecule has 1 aliphatic rings. The van der Waals surface area contributed by atoms with Gasteiger partial charge in [-0.2, -0.15) is 0 Å². The average Bonchev–Trinajstić information content (AvgIpc) is 3.19. The van der Waals surface area contributed by atoms with Gasteiger partial charge in [-0.05, 0) is 30.8 Å². The highest BCUT2D eigenvalue weighted by atomic mass is 127. The molecule has 2 atom stereocenters. The standard InChI is InChI=1S/C20H37N5S.HI/c1-5-21-20(23-15-18(4)19-8-7-13-26-19)22-14-17(3)16-25-11-9-24(6-2)10-12-25;/h7-8,13,17-18H,5-6,9-12,14-16H2,1-4H3,(H2,21,22,23);1H. The first kappa shape index (κ1) is 24.7. The van der Waals surface area contributed by atoms with Gasteiger partial charge in [-0.15, -0.1) is 35.3 Å². The molecule has 0 amide bonds. The van der Waals surface area contributed by atoms with Crippen LogP contribution < -0.4 is 10.6 Å². The van der Waals surface area contributed by atoms with Gasteiger partial charge in [0.25, 0.3) is 0 Å². The smallest absolute Gasteiger partial charge is 0.191 e. The normalized spacial score (nSPS) is 18.6. The molecule has 0 radical (unpaired) electrons. The van der Waals surface area contributed by atoms with E-state index in [4.69, 9.17) is 4.99 Å². The number of aliphatic imine (C=N–C) groups is 1. The topological polar surface area (TPSA) is 42.9 Å². The Bertz CT molecular complexity index is 514. The van der Waals surface area contributed by atoms with E-state index in [1.807, 2.05) is 11.3 Å². The Morgan fingerprint density at radius 1 is 1.15 bits per heavy atom. The van der Waals surface area contributed by atoms with Crippen molar-refractivity contribution in [2.24, 2.45) is 10.9 Å². The number of nitrogens with one attached hydrogen (secondary N) is 2. The van der Waals surface area contributed by atoms with Crippen LogP contribution in [0.4, 0.5) is 0 Å². The Hall–Kier alpha value is -0.380. The zero-order valence-electron chi connectivity index (χ0n) is 17.4. The van der Waals surface area contributed by atoms with Crippen LogP contribution in [0.15, 0.2) is 22.5 Å². The van der Waals surface area contributed by atoms with E-state index in [9.17, 15) is 0 Å². The number of rotatable bonds is 9. The van der Waals surface area contributed by atoms with Gasteiger partial charge < -0.3 is 20.4 Å². The number of halogens is 1. The van der Waals surface area contributed by atoms with Crippen molar-refractivity contribution in [2.45, 2.75) is 33.6 Å². The lowest BCUT2D eigenvalue weighted by molar-refractivity contribution is 0.125. The third-order valence-electron chi connectivity index (χ3n) is 4.99. The van der Waals surface area contributed by atoms with E-state index in [2.05, 4.69) is 65.6 Å². The van der Waals surface area contributed by atoms with E-state index in [0.29, 0.717) is 11.8 Å². The molecular formula is C20H38IN5S. The maximum atomic E-state index is 4.82. The lowest BCUT2D eigenvalue weighted by atomic mass is 10.1. The van der Waals surface area contributed by atoms with Crippen LogP contribution in [0.1, 0.15) is 38.5 Å². The summed E-state index contributed by atoms with van der Waals surface area (Å²) in [6.45, 7) is 18.8. The van der Waals surface area contributed by atoms with Crippen molar-refractivity contribution in [1.29, 1.82) is 0 Å². The summed E-state index contributed by atoms with van der Waals surface area (Å²) < 4.78 is 0. The summed E-state index contributed by atoms with van der Waals surface area (Å²) >= 11 is 1.83. The molecule has 1 fully saturated rings. The molecule has 7 heteroatoms. The molecule has 0 spiro atoms. The summed E-state index contributed by atoms with van der Waals surface area (Å²) in [4.78, 5) is 11.4. The average molecular weight is 508 g/mol. The van der Waals surface area contributed by atoms with Gasteiger partial charge in [-0.1, -0.05) is 26.8 Å². The molecule has 2 rings (SSSR count). The van der Waals surface area contributed by atoms with Crippen molar-refractivity contribution in [3.63, 3.8) is 0 Å². The van der Waals surface area contributed by atoms with Crippen molar-refractivity contribution < 1.29 is 0 Å². The highest BCUT2D eigenvalue weighted by Gasteiger charge is 2.17. The SMILES string of the molecule is CCNC(=NCC(C)CN1CCN(CC)CC1)NCC(C)c1cccs1.I. The van der Waals surface area contributed by atoms with Crippen LogP contribution in [-0.4, -0.2) is 74.7 Å². The van der Waals surface area contributed by atoms with E-state index in [-0.39, 0.29) is 24.0 Å². The Morgan fingerprint density at radius 2 is 1.85 bits per heavy atom. The zero-order valence-corrected chi connectivity index (χ0v) is 20.6. The number of thiophene rings is 1. The first-order chi connectivity index (χ1) is 12.6. The van der Waals surface area contributed by atoms with Gasteiger partial charge in [-0.3, -0.25) is 4.99 Å². The maximum absolute atomic E-state index is 4.82. The molecule has 2 heterocycles. The summed E-state index contributed by atoms with van der Waals surface area (Å²) in [6, 6.07) is 4.33. The van der Waals surface area contributed by atoms with Crippen molar-refractivity contribution in [3.05, 3.63) is 22.4 Å². The second-order valence-electron chi connectivity index (χ2n) is 7.36. The molecule has 1 aromatic rings. The Balaban J connectivity index is 0.00000364. The number of nitrogens with zero attached hydrogens (tertiary/aromatic N) is 3. The van der Waals surface area contributed by atoms with Crippen molar-refractivity contribution >= 4 is 41.3 Å². The van der Waals surface area contributed by atoms with Crippen molar-refractivity contribution in [2.75, 3.05) is 58.9 Å². The fourth-order valence-corrected chi connectivity index (χ4v) is 4.08. The van der Waals surface area contributed by atoms with Gasteiger partial charge in [0, 0.05) is 63.2 Å². The maximum Gasteiger partial charge on any atom is 0.191 e. The molecule has 2 unspecified atom stereocenters. The number of likely N-dealkylation sites (N-methyl/N-ethyl adjacent to an activating group) is 1. The summed E-state index contributed by atoms with van der Waals surface area (Å²) in [5.74, 6) is 2.03. The van der Waals surface area contributed by atoms with Gasteiger partial charge >= 0.3 is 0 Å². The van der Waals surface area contributed by atoms with Crippen LogP contribution in [0.3, 0.4) is 0 Å². The Morgan fingerprint density at radius 3 is 2.44 bits per heavy atom. The molecule has 27 heavy (non-hydrogen) atoms. The van der Waals surface area contributed by atoms with Gasteiger partial charge in [0.05, 0.1) is 0 Å². The minimum atomic E-state index is 0. The van der Waals surface area contributed by atoms with E-state index in [1.165, 1.54) is 37.6 Å². The number of piperazine rings is 1. The molecule has 0 saturated carbocycles. The zero-order chi connectivity index (χ0) is 18.8. The highest BCUT2D eigenvalue weighted by Crippen LogP contribution is 2.19. The second-order valence-corrected chi connectivity index (χ2v) is 8.34. The quantitative estimate of drug-likeness (QED) is 0.306. The van der Waals surface area contributed by atoms with Crippen LogP contribution in [0, 0.1) is 5.92 Å². The van der Waals surface area contributed by atoms with Crippen LogP contribution in [0.5, 0.6) is 0 Å². The molecule has 1 aliphatic heterocycles. The fourth-order valence-electron chi connectivity index (χ4n) is 3.30. The van der Waals surface area contributed by atoms with Crippen LogP contribution in [0.2, 0.25) is 0 Å². The summed E-state index contributed by atoms with van der Waals surface area (Å²) in [7, 11) is 0. The molecule has 156 valence electrons. The van der Waals surface area contributed by atoms with E-state index >= 15 is 0 Å². The Kier molecular flexibility index (Phi) is 12.5. The number of hydrogen-bond donors (Lipinski definition) is 2. The molecule has 1 aromatic heterocycles. The summed E-state index contributed by atoms with van der Waals surface area (Å²) in [5.41, 5.74) is 0. The van der Waals surface area contributed by atoms with Gasteiger partial charge in [0.15, 0.2) is 5.96 Å². The third-order valence-corrected chi connectivity index (χ3v) is 6.10. The van der Waals surface area contributed by atoms with Gasteiger partial charge in [0.1, 0.15) is 0 Å². The predicted octanol–water partition coefficient (Wildman–Crippen LogP) is 3.30. The van der Waals surface area contributed by atoms with E-state index < -0.39 is 0 Å². The second kappa shape index (κ2) is 13.7. The largest absolute Gasteiger partial charge is 0.357 e. The monoisotopic (exact) mass is 507 g/mol. The number of guanidine groups is 1. The molecule has 1 saturated heterocycles. The first-order valence-corrected chi connectivity index (χ1v) is 11.0. The predicted molar refractivity (Wildman–Crippen MR) is 130 cm³/mol. The minimum Gasteiger partial charge on any atom is -0.357 e. The van der Waals surface area contributed by atoms with Gasteiger partial charge in [0.2, 0.25) is 0 Å². The highest BCUT2D eigenvalue weighted by molar-refractivity contribution is 14.0. The first-order valence-electron chi connectivity index (χ1n) is 10.1. The van der Waals surface area contributed by atoms with Crippen molar-refractivity contribution in [3.8, 4) is 0 Å². The molecule has 0 bridgehead atoms. The fraction of sp³-hybridized carbons (Fsp3) is 0.750. The summed E-state index contributed by atoms with van der Waals surface area (Å²) in [5, 5.41) is 9.03. The van der Waals surface area contributed by atoms with Crippen LogP contribution >= 0.6 is 35.3 Å². The van der Waals surface area contributed by atoms with E-state index in [1.54, 1.807) is 0 Å². The molecule has 5 nitrogen and oxygen atoms in total. The molecule has 0 aromatic carbocycles. The van der Waals surface area contributed by atoms with Crippen LogP contribution in [0.25, 0.3) is 0 Å². The lowest BCUT2D eigenvalue weighted by Crippen LogP contribution is -2.47. The number of hydrogen-bond acceptors (Lipinski definition) is 4. The minimum absolute atomic E-state index is 0. The van der Waals surface area contributed by atoms with Crippen LogP contribution in [-0.2, 0) is 0 Å². The third kappa shape index (κ3) is 9.11. The Labute approximate surface area is 187 Å². The van der Waals surface area contributed by atoms with Crippen molar-refractivity contribution in [1.82, 2.24) is 20.4 Å².